The first kappa shape index (κ1) is 7.79. The molecule has 0 bridgehead atoms. The van der Waals surface area contributed by atoms with Gasteiger partial charge < -0.3 is 9.63 Å². The third kappa shape index (κ3) is 1.16. The molecule has 1 aromatic carbocycles. The summed E-state index contributed by atoms with van der Waals surface area (Å²) >= 11 is 0. The van der Waals surface area contributed by atoms with Crippen molar-refractivity contribution in [2.75, 3.05) is 0 Å². The second-order valence-electron chi connectivity index (χ2n) is 2.84. The Balaban J connectivity index is 2.76. The molecule has 0 radical (unpaired) electrons. The van der Waals surface area contributed by atoms with E-state index in [9.17, 15) is 4.79 Å². The molecule has 0 saturated heterocycles. The molecule has 1 aromatic heterocycles. The molecule has 0 aliphatic rings. The molecule has 0 aliphatic heterocycles. The van der Waals surface area contributed by atoms with Crippen molar-refractivity contribution in [3.05, 3.63) is 29.5 Å². The average Bonchev–Trinajstić information content (AvgIpc) is 2.48. The zero-order chi connectivity index (χ0) is 9.42. The monoisotopic (exact) mass is 177 g/mol. The van der Waals surface area contributed by atoms with Crippen LogP contribution < -0.4 is 0 Å². The minimum absolute atomic E-state index is 0.288. The van der Waals surface area contributed by atoms with Crippen LogP contribution in [0.4, 0.5) is 0 Å². The Morgan fingerprint density at radius 3 is 3.00 bits per heavy atom. The van der Waals surface area contributed by atoms with Gasteiger partial charge in [-0.3, -0.25) is 0 Å². The molecule has 0 unspecified atom stereocenters. The van der Waals surface area contributed by atoms with Crippen LogP contribution in [0.3, 0.4) is 0 Å². The van der Waals surface area contributed by atoms with Gasteiger partial charge in [0.05, 0.1) is 11.8 Å². The van der Waals surface area contributed by atoms with Crippen molar-refractivity contribution in [2.24, 2.45) is 0 Å². The van der Waals surface area contributed by atoms with E-state index in [1.807, 2.05) is 0 Å². The van der Waals surface area contributed by atoms with Crippen molar-refractivity contribution in [1.29, 1.82) is 0 Å². The van der Waals surface area contributed by atoms with Gasteiger partial charge in [0.15, 0.2) is 5.58 Å². The lowest BCUT2D eigenvalue weighted by atomic mass is 10.1. The number of nitrogens with zero attached hydrogens (tertiary/aromatic N) is 1. The molecule has 13 heavy (non-hydrogen) atoms. The molecule has 4 heteroatoms. The van der Waals surface area contributed by atoms with E-state index in [0.29, 0.717) is 16.5 Å². The van der Waals surface area contributed by atoms with Crippen LogP contribution in [0.25, 0.3) is 11.0 Å². The maximum atomic E-state index is 10.7. The van der Waals surface area contributed by atoms with Gasteiger partial charge in [-0.05, 0) is 24.6 Å². The van der Waals surface area contributed by atoms with E-state index in [2.05, 4.69) is 5.16 Å². The molecule has 0 aliphatic carbocycles. The summed E-state index contributed by atoms with van der Waals surface area (Å²) in [4.78, 5) is 10.7. The van der Waals surface area contributed by atoms with Crippen LogP contribution in [-0.2, 0) is 0 Å². The second kappa shape index (κ2) is 2.58. The Hall–Kier alpha value is -1.84. The van der Waals surface area contributed by atoms with Gasteiger partial charge in [0.1, 0.15) is 0 Å². The van der Waals surface area contributed by atoms with Gasteiger partial charge in [0.2, 0.25) is 0 Å². The average molecular weight is 177 g/mol. The number of carboxylic acids is 1. The molecular formula is C9H7NO3. The van der Waals surface area contributed by atoms with Crippen LogP contribution in [-0.4, -0.2) is 16.2 Å². The van der Waals surface area contributed by atoms with Crippen LogP contribution in [0.5, 0.6) is 0 Å². The topological polar surface area (TPSA) is 63.3 Å². The number of fused-ring (bicyclic) bond motifs is 1. The van der Waals surface area contributed by atoms with Gasteiger partial charge in [0.25, 0.3) is 0 Å². The Morgan fingerprint density at radius 1 is 1.54 bits per heavy atom. The number of aromatic nitrogens is 1. The first-order chi connectivity index (χ1) is 6.18. The van der Waals surface area contributed by atoms with Crippen molar-refractivity contribution in [3.63, 3.8) is 0 Å². The van der Waals surface area contributed by atoms with E-state index in [4.69, 9.17) is 9.63 Å². The predicted octanol–water partition coefficient (Wildman–Crippen LogP) is 1.83. The minimum Gasteiger partial charge on any atom is -0.478 e. The summed E-state index contributed by atoms with van der Waals surface area (Å²) in [5, 5.41) is 13.1. The van der Waals surface area contributed by atoms with Gasteiger partial charge in [0, 0.05) is 5.39 Å². The summed E-state index contributed by atoms with van der Waals surface area (Å²) in [6.45, 7) is 1.73. The SMILES string of the molecule is Cc1cc2oncc2cc1C(=O)O. The third-order valence-electron chi connectivity index (χ3n) is 1.93. The Morgan fingerprint density at radius 2 is 2.31 bits per heavy atom. The molecule has 2 rings (SSSR count). The van der Waals surface area contributed by atoms with E-state index in [1.165, 1.54) is 6.20 Å². The first-order valence-corrected chi connectivity index (χ1v) is 3.77. The fourth-order valence-corrected chi connectivity index (χ4v) is 1.25. The maximum Gasteiger partial charge on any atom is 0.335 e. The van der Waals surface area contributed by atoms with E-state index >= 15 is 0 Å². The maximum absolute atomic E-state index is 10.7. The normalized spacial score (nSPS) is 10.5. The van der Waals surface area contributed by atoms with Gasteiger partial charge in [-0.2, -0.15) is 0 Å². The molecule has 66 valence electrons. The lowest BCUT2D eigenvalue weighted by Gasteiger charge is -1.98. The lowest BCUT2D eigenvalue weighted by Crippen LogP contribution is -1.98. The van der Waals surface area contributed by atoms with Crippen molar-refractivity contribution in [2.45, 2.75) is 6.92 Å². The Kier molecular flexibility index (Phi) is 1.55. The Labute approximate surface area is 73.8 Å². The smallest absolute Gasteiger partial charge is 0.335 e. The van der Waals surface area contributed by atoms with Gasteiger partial charge in [-0.1, -0.05) is 5.16 Å². The number of hydrogen-bond donors (Lipinski definition) is 1. The third-order valence-corrected chi connectivity index (χ3v) is 1.93. The summed E-state index contributed by atoms with van der Waals surface area (Å²) < 4.78 is 4.89. The second-order valence-corrected chi connectivity index (χ2v) is 2.84. The molecule has 4 nitrogen and oxygen atoms in total. The van der Waals surface area contributed by atoms with Crippen LogP contribution in [0.1, 0.15) is 15.9 Å². The van der Waals surface area contributed by atoms with Crippen LogP contribution in [0.15, 0.2) is 22.9 Å². The van der Waals surface area contributed by atoms with Crippen molar-refractivity contribution in [1.82, 2.24) is 5.16 Å². The minimum atomic E-state index is -0.930. The summed E-state index contributed by atoms with van der Waals surface area (Å²) in [7, 11) is 0. The highest BCUT2D eigenvalue weighted by molar-refractivity contribution is 5.94. The zero-order valence-electron chi connectivity index (χ0n) is 6.94. The molecule has 0 amide bonds. The highest BCUT2D eigenvalue weighted by Crippen LogP contribution is 2.19. The van der Waals surface area contributed by atoms with Crippen molar-refractivity contribution < 1.29 is 14.4 Å². The van der Waals surface area contributed by atoms with E-state index < -0.39 is 5.97 Å². The largest absolute Gasteiger partial charge is 0.478 e. The Bertz CT molecular complexity index is 473. The number of hydrogen-bond acceptors (Lipinski definition) is 3. The van der Waals surface area contributed by atoms with E-state index in [1.54, 1.807) is 19.1 Å². The van der Waals surface area contributed by atoms with Gasteiger partial charge >= 0.3 is 5.97 Å². The van der Waals surface area contributed by atoms with Crippen LogP contribution in [0.2, 0.25) is 0 Å². The summed E-state index contributed by atoms with van der Waals surface area (Å²) in [5.74, 6) is -0.930. The van der Waals surface area contributed by atoms with Crippen molar-refractivity contribution >= 4 is 16.9 Å². The van der Waals surface area contributed by atoms with Crippen molar-refractivity contribution in [3.8, 4) is 0 Å². The fourth-order valence-electron chi connectivity index (χ4n) is 1.25. The number of carboxylic acid groups (broad SMARTS) is 1. The number of benzene rings is 1. The molecule has 0 spiro atoms. The quantitative estimate of drug-likeness (QED) is 0.721. The summed E-state index contributed by atoms with van der Waals surface area (Å²) in [6, 6.07) is 3.23. The molecule has 0 atom stereocenters. The standard InChI is InChI=1S/C9H7NO3/c1-5-2-8-6(4-10-13-8)3-7(5)9(11)12/h2-4H,1H3,(H,11,12). The van der Waals surface area contributed by atoms with E-state index in [-0.39, 0.29) is 5.56 Å². The summed E-state index contributed by atoms with van der Waals surface area (Å²) in [6.07, 6.45) is 1.50. The lowest BCUT2D eigenvalue weighted by molar-refractivity contribution is 0.0696. The van der Waals surface area contributed by atoms with E-state index in [0.717, 1.165) is 0 Å². The van der Waals surface area contributed by atoms with Crippen LogP contribution in [0, 0.1) is 6.92 Å². The highest BCUT2D eigenvalue weighted by atomic mass is 16.5. The fraction of sp³-hybridized carbons (Fsp3) is 0.111. The van der Waals surface area contributed by atoms with Gasteiger partial charge in [-0.25, -0.2) is 4.79 Å². The number of rotatable bonds is 1. The van der Waals surface area contributed by atoms with Crippen LogP contribution >= 0.6 is 0 Å². The number of carbonyl (C=O) groups is 1. The highest BCUT2D eigenvalue weighted by Gasteiger charge is 2.09. The molecule has 1 N–H and O–H groups in total. The molecular weight excluding hydrogens is 170 g/mol. The molecule has 1 heterocycles. The number of aryl methyl sites for hydroxylation is 1. The number of aromatic carboxylic acids is 1. The molecule has 0 saturated carbocycles. The summed E-state index contributed by atoms with van der Waals surface area (Å²) in [5.41, 5.74) is 1.58. The first-order valence-electron chi connectivity index (χ1n) is 3.77. The zero-order valence-corrected chi connectivity index (χ0v) is 6.94. The molecule has 0 fully saturated rings. The molecule has 2 aromatic rings. The van der Waals surface area contributed by atoms with Gasteiger partial charge in [-0.15, -0.1) is 0 Å². The predicted molar refractivity (Wildman–Crippen MR) is 45.7 cm³/mol.